The average Bonchev–Trinajstić information content (AvgIpc) is 3.03. The minimum absolute atomic E-state index is 0.191. The third-order valence-corrected chi connectivity index (χ3v) is 3.15. The Kier molecular flexibility index (Phi) is 5.57. The van der Waals surface area contributed by atoms with Crippen molar-refractivity contribution in [2.45, 2.75) is 32.9 Å². The molecule has 21 heavy (non-hydrogen) atoms. The van der Waals surface area contributed by atoms with E-state index in [-0.39, 0.29) is 12.6 Å². The summed E-state index contributed by atoms with van der Waals surface area (Å²) in [5.41, 5.74) is 1.08. The molecule has 0 radical (unpaired) electrons. The number of nitrogens with zero attached hydrogens (tertiary/aromatic N) is 2. The summed E-state index contributed by atoms with van der Waals surface area (Å²) in [4.78, 5) is 3.95. The van der Waals surface area contributed by atoms with E-state index >= 15 is 0 Å². The molecule has 6 nitrogen and oxygen atoms in total. The zero-order valence-corrected chi connectivity index (χ0v) is 12.6. The van der Waals surface area contributed by atoms with Crippen LogP contribution in [0.15, 0.2) is 29.1 Å². The Bertz CT molecular complexity index is 543. The molecule has 0 amide bonds. The van der Waals surface area contributed by atoms with Gasteiger partial charge in [0.25, 0.3) is 0 Å². The van der Waals surface area contributed by atoms with Gasteiger partial charge in [0, 0.05) is 17.7 Å². The summed E-state index contributed by atoms with van der Waals surface area (Å²) < 4.78 is 15.8. The summed E-state index contributed by atoms with van der Waals surface area (Å²) in [6.45, 7) is 5.47. The lowest BCUT2D eigenvalue weighted by Crippen LogP contribution is -2.20. The summed E-state index contributed by atoms with van der Waals surface area (Å²) in [5.74, 6) is 2.03. The maximum absolute atomic E-state index is 5.82. The normalized spacial score (nSPS) is 12.1. The highest BCUT2D eigenvalue weighted by Crippen LogP contribution is 2.30. The van der Waals surface area contributed by atoms with E-state index in [9.17, 15) is 0 Å². The summed E-state index contributed by atoms with van der Waals surface area (Å²) in [7, 11) is 1.64. The van der Waals surface area contributed by atoms with Crippen molar-refractivity contribution in [1.29, 1.82) is 0 Å². The maximum Gasteiger partial charge on any atom is 0.213 e. The van der Waals surface area contributed by atoms with Crippen LogP contribution in [-0.4, -0.2) is 23.8 Å². The molecule has 1 aromatic carbocycles. The van der Waals surface area contributed by atoms with Gasteiger partial charge in [-0.3, -0.25) is 0 Å². The summed E-state index contributed by atoms with van der Waals surface area (Å²) in [6.07, 6.45) is 2.37. The lowest BCUT2D eigenvalue weighted by atomic mass is 10.1. The van der Waals surface area contributed by atoms with Gasteiger partial charge in [-0.1, -0.05) is 18.1 Å². The average molecular weight is 291 g/mol. The highest BCUT2D eigenvalue weighted by molar-refractivity contribution is 5.42. The number of benzene rings is 1. The van der Waals surface area contributed by atoms with Crippen molar-refractivity contribution in [3.8, 4) is 11.5 Å². The molecule has 1 aromatic heterocycles. The molecule has 0 spiro atoms. The molecule has 114 valence electrons. The first-order chi connectivity index (χ1) is 10.2. The second-order valence-electron chi connectivity index (χ2n) is 4.72. The van der Waals surface area contributed by atoms with Crippen LogP contribution in [0.1, 0.15) is 37.7 Å². The van der Waals surface area contributed by atoms with Crippen molar-refractivity contribution in [2.75, 3.05) is 13.7 Å². The van der Waals surface area contributed by atoms with Crippen molar-refractivity contribution >= 4 is 0 Å². The lowest BCUT2D eigenvalue weighted by molar-refractivity contribution is 0.279. The Morgan fingerprint density at radius 1 is 1.38 bits per heavy atom. The number of aromatic nitrogens is 2. The molecule has 1 atom stereocenters. The molecule has 6 heteroatoms. The molecule has 0 aliphatic carbocycles. The molecule has 0 aliphatic heterocycles. The van der Waals surface area contributed by atoms with Gasteiger partial charge >= 0.3 is 0 Å². The fraction of sp³-hybridized carbons (Fsp3) is 0.467. The van der Waals surface area contributed by atoms with Gasteiger partial charge < -0.3 is 19.3 Å². The number of hydrogen-bond donors (Lipinski definition) is 1. The standard InChI is InChI=1S/C15H21N3O3/c1-4-7-16-11(2)13-6-5-12(19-3)8-14(13)20-9-15-17-10-21-18-15/h5-6,8,10-11,16H,4,7,9H2,1-3H3. The Hall–Kier alpha value is -2.08. The maximum atomic E-state index is 5.82. The van der Waals surface area contributed by atoms with Gasteiger partial charge in [0.2, 0.25) is 12.2 Å². The first kappa shape index (κ1) is 15.3. The molecule has 0 bridgehead atoms. The van der Waals surface area contributed by atoms with Crippen LogP contribution in [0.25, 0.3) is 0 Å². The molecular weight excluding hydrogens is 270 g/mol. The van der Waals surface area contributed by atoms with Crippen molar-refractivity contribution in [2.24, 2.45) is 0 Å². The van der Waals surface area contributed by atoms with Crippen LogP contribution in [0.3, 0.4) is 0 Å². The molecule has 0 fully saturated rings. The van der Waals surface area contributed by atoms with Gasteiger partial charge in [0.15, 0.2) is 6.61 Å². The van der Waals surface area contributed by atoms with Crippen LogP contribution in [0.4, 0.5) is 0 Å². The molecule has 1 heterocycles. The third-order valence-electron chi connectivity index (χ3n) is 3.15. The summed E-state index contributed by atoms with van der Waals surface area (Å²) in [5, 5.41) is 7.19. The smallest absolute Gasteiger partial charge is 0.213 e. The second kappa shape index (κ2) is 7.64. The summed E-state index contributed by atoms with van der Waals surface area (Å²) in [6, 6.07) is 6.01. The Morgan fingerprint density at radius 3 is 2.90 bits per heavy atom. The summed E-state index contributed by atoms with van der Waals surface area (Å²) >= 11 is 0. The van der Waals surface area contributed by atoms with Gasteiger partial charge in [-0.25, -0.2) is 0 Å². The second-order valence-corrected chi connectivity index (χ2v) is 4.72. The molecule has 2 aromatic rings. The van der Waals surface area contributed by atoms with Crippen LogP contribution in [0.5, 0.6) is 11.5 Å². The van der Waals surface area contributed by atoms with E-state index in [1.165, 1.54) is 6.39 Å². The topological polar surface area (TPSA) is 69.4 Å². The molecule has 1 unspecified atom stereocenters. The van der Waals surface area contributed by atoms with E-state index in [1.54, 1.807) is 7.11 Å². The van der Waals surface area contributed by atoms with Crippen LogP contribution in [0.2, 0.25) is 0 Å². The predicted molar refractivity (Wildman–Crippen MR) is 78.3 cm³/mol. The van der Waals surface area contributed by atoms with Gasteiger partial charge in [-0.15, -0.1) is 0 Å². The molecule has 0 saturated heterocycles. The van der Waals surface area contributed by atoms with Crippen molar-refractivity contribution < 1.29 is 14.0 Å². The largest absolute Gasteiger partial charge is 0.497 e. The zero-order chi connectivity index (χ0) is 15.1. The Morgan fingerprint density at radius 2 is 2.24 bits per heavy atom. The van der Waals surface area contributed by atoms with Crippen LogP contribution in [0, 0.1) is 0 Å². The first-order valence-electron chi connectivity index (χ1n) is 7.04. The van der Waals surface area contributed by atoms with E-state index in [0.717, 1.165) is 30.0 Å². The van der Waals surface area contributed by atoms with Gasteiger partial charge in [-0.05, 0) is 26.0 Å². The minimum atomic E-state index is 0.191. The fourth-order valence-electron chi connectivity index (χ4n) is 1.99. The van der Waals surface area contributed by atoms with Gasteiger partial charge in [-0.2, -0.15) is 4.98 Å². The zero-order valence-electron chi connectivity index (χ0n) is 12.6. The number of rotatable bonds is 8. The first-order valence-corrected chi connectivity index (χ1v) is 7.04. The van der Waals surface area contributed by atoms with Crippen molar-refractivity contribution in [3.05, 3.63) is 36.0 Å². The van der Waals surface area contributed by atoms with E-state index in [0.29, 0.717) is 5.82 Å². The molecular formula is C15H21N3O3. The molecule has 2 rings (SSSR count). The lowest BCUT2D eigenvalue weighted by Gasteiger charge is -2.18. The number of methoxy groups -OCH3 is 1. The molecule has 0 saturated carbocycles. The van der Waals surface area contributed by atoms with E-state index in [2.05, 4.69) is 29.3 Å². The number of nitrogens with one attached hydrogen (secondary N) is 1. The van der Waals surface area contributed by atoms with E-state index in [4.69, 9.17) is 14.0 Å². The SMILES string of the molecule is CCCNC(C)c1ccc(OC)cc1OCc1ncon1. The third kappa shape index (κ3) is 4.19. The van der Waals surface area contributed by atoms with E-state index < -0.39 is 0 Å². The fourth-order valence-corrected chi connectivity index (χ4v) is 1.99. The Balaban J connectivity index is 2.14. The van der Waals surface area contributed by atoms with Gasteiger partial charge in [0.05, 0.1) is 7.11 Å². The quantitative estimate of drug-likeness (QED) is 0.806. The monoisotopic (exact) mass is 291 g/mol. The van der Waals surface area contributed by atoms with Crippen molar-refractivity contribution in [1.82, 2.24) is 15.5 Å². The highest BCUT2D eigenvalue weighted by atomic mass is 16.5. The Labute approximate surface area is 124 Å². The molecule has 0 aliphatic rings. The van der Waals surface area contributed by atoms with Crippen molar-refractivity contribution in [3.63, 3.8) is 0 Å². The number of ether oxygens (including phenoxy) is 2. The van der Waals surface area contributed by atoms with Gasteiger partial charge in [0.1, 0.15) is 11.5 Å². The van der Waals surface area contributed by atoms with Crippen LogP contribution >= 0.6 is 0 Å². The highest BCUT2D eigenvalue weighted by Gasteiger charge is 2.13. The van der Waals surface area contributed by atoms with Crippen LogP contribution < -0.4 is 14.8 Å². The number of hydrogen-bond acceptors (Lipinski definition) is 6. The predicted octanol–water partition coefficient (Wildman–Crippen LogP) is 2.72. The molecule has 1 N–H and O–H groups in total. The minimum Gasteiger partial charge on any atom is -0.497 e. The van der Waals surface area contributed by atoms with E-state index in [1.807, 2.05) is 18.2 Å². The van der Waals surface area contributed by atoms with Crippen LogP contribution in [-0.2, 0) is 6.61 Å².